The summed E-state index contributed by atoms with van der Waals surface area (Å²) < 4.78 is 5.56. The number of benzene rings is 2. The van der Waals surface area contributed by atoms with E-state index in [1.54, 1.807) is 24.3 Å². The average molecular weight is 476 g/mol. The second-order valence-corrected chi connectivity index (χ2v) is 9.54. The molecule has 2 aromatic carbocycles. The molecule has 2 heterocycles. The lowest BCUT2D eigenvalue weighted by molar-refractivity contribution is -0.122. The maximum absolute atomic E-state index is 13.5. The van der Waals surface area contributed by atoms with Crippen molar-refractivity contribution >= 4 is 52.2 Å². The topological polar surface area (TPSA) is 61.9 Å². The van der Waals surface area contributed by atoms with E-state index in [1.807, 2.05) is 26.0 Å². The van der Waals surface area contributed by atoms with Crippen molar-refractivity contribution in [2.45, 2.75) is 40.2 Å². The fourth-order valence-corrected chi connectivity index (χ4v) is 4.68. The van der Waals surface area contributed by atoms with Crippen LogP contribution in [0.15, 0.2) is 48.0 Å². The summed E-state index contributed by atoms with van der Waals surface area (Å²) in [5.74, 6) is -0.349. The summed E-state index contributed by atoms with van der Waals surface area (Å²) >= 11 is 5.34. The van der Waals surface area contributed by atoms with Crippen LogP contribution in [0.5, 0.6) is 5.75 Å². The second kappa shape index (κ2) is 8.72. The van der Waals surface area contributed by atoms with Crippen LogP contribution in [-0.4, -0.2) is 36.1 Å². The molecule has 2 amide bonds. The summed E-state index contributed by atoms with van der Waals surface area (Å²) in [6.07, 6.45) is 3.88. The molecule has 4 rings (SSSR count). The number of thiocarbonyl (C=S) groups is 1. The number of hydrogen-bond donors (Lipinski definition) is 1. The number of aryl methyl sites for hydroxylation is 1. The van der Waals surface area contributed by atoms with Crippen LogP contribution >= 0.6 is 12.2 Å². The molecule has 2 aliphatic rings. The Morgan fingerprint density at radius 3 is 2.59 bits per heavy atom. The second-order valence-electron chi connectivity index (χ2n) is 9.15. The van der Waals surface area contributed by atoms with Crippen molar-refractivity contribution in [3.05, 3.63) is 64.7 Å². The van der Waals surface area contributed by atoms with Crippen LogP contribution in [0, 0.1) is 6.92 Å². The molecule has 0 radical (unpaired) electrons. The Hall–Kier alpha value is -3.45. The van der Waals surface area contributed by atoms with Crippen LogP contribution < -0.4 is 19.9 Å². The van der Waals surface area contributed by atoms with Crippen LogP contribution in [0.1, 0.15) is 44.4 Å². The van der Waals surface area contributed by atoms with E-state index >= 15 is 0 Å². The molecule has 34 heavy (non-hydrogen) atoms. The number of ether oxygens (including phenoxy) is 1. The SMILES string of the molecule is CCOc1cccc(N2C(=O)/C(=C\c3cc4c(cc3C)N(C)C(C)(C)C=C4C)C(=O)NC2=S)c1. The van der Waals surface area contributed by atoms with Gasteiger partial charge in [0.2, 0.25) is 0 Å². The molecular formula is C27H29N3O3S. The predicted octanol–water partition coefficient (Wildman–Crippen LogP) is 4.86. The quantitative estimate of drug-likeness (QED) is 0.389. The van der Waals surface area contributed by atoms with Gasteiger partial charge in [0.1, 0.15) is 11.3 Å². The van der Waals surface area contributed by atoms with Gasteiger partial charge in [-0.05, 0) is 93.9 Å². The molecule has 7 heteroatoms. The smallest absolute Gasteiger partial charge is 0.270 e. The van der Waals surface area contributed by atoms with Crippen LogP contribution in [-0.2, 0) is 9.59 Å². The lowest BCUT2D eigenvalue weighted by Crippen LogP contribution is -2.54. The Balaban J connectivity index is 1.76. The van der Waals surface area contributed by atoms with Gasteiger partial charge in [-0.3, -0.25) is 19.8 Å². The third kappa shape index (κ3) is 4.12. The molecule has 1 fully saturated rings. The Kier molecular flexibility index (Phi) is 6.08. The molecule has 0 spiro atoms. The molecule has 1 N–H and O–H groups in total. The molecule has 6 nitrogen and oxygen atoms in total. The number of carbonyl (C=O) groups is 2. The number of amides is 2. The number of fused-ring (bicyclic) bond motifs is 1. The first kappa shape index (κ1) is 23.7. The van der Waals surface area contributed by atoms with Crippen molar-refractivity contribution in [1.29, 1.82) is 0 Å². The summed E-state index contributed by atoms with van der Waals surface area (Å²) in [4.78, 5) is 29.9. The zero-order valence-corrected chi connectivity index (χ0v) is 21.2. The van der Waals surface area contributed by atoms with Gasteiger partial charge in [-0.25, -0.2) is 0 Å². The summed E-state index contributed by atoms with van der Waals surface area (Å²) in [5.41, 5.74) is 5.62. The minimum atomic E-state index is -0.505. The molecule has 1 saturated heterocycles. The van der Waals surface area contributed by atoms with Gasteiger partial charge in [0, 0.05) is 24.4 Å². The Morgan fingerprint density at radius 1 is 1.15 bits per heavy atom. The minimum Gasteiger partial charge on any atom is -0.494 e. The molecule has 0 atom stereocenters. The molecule has 0 aliphatic carbocycles. The number of likely N-dealkylation sites (N-methyl/N-ethyl adjacent to an activating group) is 1. The van der Waals surface area contributed by atoms with E-state index in [-0.39, 0.29) is 16.2 Å². The van der Waals surface area contributed by atoms with Gasteiger partial charge < -0.3 is 9.64 Å². The van der Waals surface area contributed by atoms with Crippen molar-refractivity contribution in [2.75, 3.05) is 23.5 Å². The largest absolute Gasteiger partial charge is 0.494 e. The molecule has 0 aromatic heterocycles. The number of rotatable bonds is 4. The van der Waals surface area contributed by atoms with E-state index in [4.69, 9.17) is 17.0 Å². The van der Waals surface area contributed by atoms with Gasteiger partial charge in [0.15, 0.2) is 5.11 Å². The van der Waals surface area contributed by atoms with Gasteiger partial charge in [-0.15, -0.1) is 0 Å². The maximum atomic E-state index is 13.5. The standard InChI is InChI=1S/C27H29N3O3S/c1-7-33-20-10-8-9-19(14-20)30-25(32)22(24(31)28-26(30)34)13-18-12-21-17(3)15-27(4,5)29(6)23(21)11-16(18)2/h8-15H,7H2,1-6H3,(H,28,31,34)/b22-13-. The van der Waals surface area contributed by atoms with Gasteiger partial charge >= 0.3 is 0 Å². The highest BCUT2D eigenvalue weighted by molar-refractivity contribution is 7.80. The number of allylic oxidation sites excluding steroid dienone is 1. The number of nitrogens with zero attached hydrogens (tertiary/aromatic N) is 2. The monoisotopic (exact) mass is 475 g/mol. The first-order chi connectivity index (χ1) is 16.0. The summed E-state index contributed by atoms with van der Waals surface area (Å²) in [5, 5.41) is 2.70. The van der Waals surface area contributed by atoms with E-state index in [0.29, 0.717) is 18.0 Å². The lowest BCUT2D eigenvalue weighted by atomic mass is 9.87. The maximum Gasteiger partial charge on any atom is 0.270 e. The first-order valence-electron chi connectivity index (χ1n) is 11.3. The van der Waals surface area contributed by atoms with Crippen molar-refractivity contribution in [1.82, 2.24) is 5.32 Å². The molecule has 2 aromatic rings. The highest BCUT2D eigenvalue weighted by Gasteiger charge is 2.35. The van der Waals surface area contributed by atoms with Crippen molar-refractivity contribution < 1.29 is 14.3 Å². The van der Waals surface area contributed by atoms with Crippen molar-refractivity contribution in [2.24, 2.45) is 0 Å². The molecule has 2 aliphatic heterocycles. The lowest BCUT2D eigenvalue weighted by Gasteiger charge is -2.41. The van der Waals surface area contributed by atoms with Crippen LogP contribution in [0.25, 0.3) is 11.6 Å². The van der Waals surface area contributed by atoms with Gasteiger partial charge in [0.05, 0.1) is 17.8 Å². The Labute approximate surface area is 205 Å². The molecular weight excluding hydrogens is 446 g/mol. The van der Waals surface area contributed by atoms with Crippen LogP contribution in [0.4, 0.5) is 11.4 Å². The zero-order chi connectivity index (χ0) is 24.8. The molecule has 0 unspecified atom stereocenters. The highest BCUT2D eigenvalue weighted by Crippen LogP contribution is 2.39. The van der Waals surface area contributed by atoms with E-state index in [0.717, 1.165) is 28.0 Å². The number of anilines is 2. The van der Waals surface area contributed by atoms with Gasteiger partial charge in [-0.2, -0.15) is 0 Å². The predicted molar refractivity (Wildman–Crippen MR) is 141 cm³/mol. The van der Waals surface area contributed by atoms with Gasteiger partial charge in [0.25, 0.3) is 11.8 Å². The van der Waals surface area contributed by atoms with Gasteiger partial charge in [-0.1, -0.05) is 12.1 Å². The van der Waals surface area contributed by atoms with E-state index in [2.05, 4.69) is 50.2 Å². The third-order valence-corrected chi connectivity index (χ3v) is 6.68. The van der Waals surface area contributed by atoms with Crippen LogP contribution in [0.2, 0.25) is 0 Å². The highest BCUT2D eigenvalue weighted by atomic mass is 32.1. The number of hydrogen-bond acceptors (Lipinski definition) is 5. The fraction of sp³-hybridized carbons (Fsp3) is 0.296. The summed E-state index contributed by atoms with van der Waals surface area (Å²) in [7, 11) is 2.08. The Morgan fingerprint density at radius 2 is 1.88 bits per heavy atom. The minimum absolute atomic E-state index is 0.0320. The Bertz CT molecular complexity index is 1280. The molecule has 0 saturated carbocycles. The first-order valence-corrected chi connectivity index (χ1v) is 11.7. The summed E-state index contributed by atoms with van der Waals surface area (Å²) in [6, 6.07) is 11.2. The van der Waals surface area contributed by atoms with E-state index in [9.17, 15) is 9.59 Å². The average Bonchev–Trinajstić information content (AvgIpc) is 2.76. The zero-order valence-electron chi connectivity index (χ0n) is 20.4. The van der Waals surface area contributed by atoms with E-state index in [1.165, 1.54) is 4.90 Å². The fourth-order valence-electron chi connectivity index (χ4n) is 4.40. The van der Waals surface area contributed by atoms with Crippen molar-refractivity contribution in [3.63, 3.8) is 0 Å². The number of carbonyl (C=O) groups excluding carboxylic acids is 2. The van der Waals surface area contributed by atoms with Crippen molar-refractivity contribution in [3.8, 4) is 5.75 Å². The summed E-state index contributed by atoms with van der Waals surface area (Å²) in [6.45, 7) is 10.8. The van der Waals surface area contributed by atoms with Crippen LogP contribution in [0.3, 0.4) is 0 Å². The number of nitrogens with one attached hydrogen (secondary N) is 1. The normalized spacial score (nSPS) is 18.6. The third-order valence-electron chi connectivity index (χ3n) is 6.39. The molecule has 176 valence electrons. The van der Waals surface area contributed by atoms with E-state index < -0.39 is 11.8 Å². The molecule has 0 bridgehead atoms.